The minimum atomic E-state index is -1.37. The minimum Gasteiger partial charge on any atom is -0.495 e. The van der Waals surface area contributed by atoms with Gasteiger partial charge in [0.15, 0.2) is 0 Å². The Balaban J connectivity index is 1.92. The van der Waals surface area contributed by atoms with Crippen LogP contribution in [0.15, 0.2) is 35.9 Å². The first-order valence-corrected chi connectivity index (χ1v) is 12.2. The van der Waals surface area contributed by atoms with Gasteiger partial charge < -0.3 is 24.2 Å². The zero-order chi connectivity index (χ0) is 25.6. The van der Waals surface area contributed by atoms with Crippen molar-refractivity contribution in [1.29, 1.82) is 0 Å². The third kappa shape index (κ3) is 7.22. The number of nitrogens with zero attached hydrogens (tertiary/aromatic N) is 1. The molecule has 0 spiro atoms. The van der Waals surface area contributed by atoms with Gasteiger partial charge in [0.2, 0.25) is 5.91 Å². The van der Waals surface area contributed by atoms with E-state index in [1.54, 1.807) is 26.2 Å². The Hall–Kier alpha value is -2.55. The minimum absolute atomic E-state index is 0.0936. The van der Waals surface area contributed by atoms with Gasteiger partial charge in [0.1, 0.15) is 22.6 Å². The van der Waals surface area contributed by atoms with Crippen LogP contribution in [-0.4, -0.2) is 56.3 Å². The molecule has 2 aliphatic rings. The molecule has 2 N–H and O–H groups in total. The summed E-state index contributed by atoms with van der Waals surface area (Å²) >= 11 is 6.56. The zero-order valence-corrected chi connectivity index (χ0v) is 21.6. The molecule has 8 nitrogen and oxygen atoms in total. The quantitative estimate of drug-likeness (QED) is 0.612. The average molecular weight is 507 g/mol. The smallest absolute Gasteiger partial charge is 0.409 e. The maximum Gasteiger partial charge on any atom is 0.409 e. The molecule has 192 valence electrons. The summed E-state index contributed by atoms with van der Waals surface area (Å²) < 4.78 is 16.4. The second-order valence-electron chi connectivity index (χ2n) is 9.27. The maximum absolute atomic E-state index is 13.0. The van der Waals surface area contributed by atoms with Crippen LogP contribution in [0.2, 0.25) is 5.02 Å². The second kappa shape index (κ2) is 11.9. The highest BCUT2D eigenvalue weighted by molar-refractivity contribution is 6.35. The standard InChI is InChI=1S/C26H35ClN2O6/c1-17-7-5-6-12-26(32)16-20(35-25(31)28-26)9-8-19(33-3)10-11-23(30)29(2)21-14-18(13-17)15-22(34-4)24(21)27/h5-7,14-15,19-20,32H,8-13,16H2,1-4H3,(H,28,31)/b6-5+,17-7+/t19?,20?,26-/m1/s1. The summed E-state index contributed by atoms with van der Waals surface area (Å²) in [4.78, 5) is 26.7. The van der Waals surface area contributed by atoms with Gasteiger partial charge in [0.05, 0.1) is 18.9 Å². The number of benzene rings is 1. The molecular formula is C26H35ClN2O6. The molecule has 4 bridgehead atoms. The van der Waals surface area contributed by atoms with Crippen LogP contribution in [0.25, 0.3) is 0 Å². The largest absolute Gasteiger partial charge is 0.495 e. The van der Waals surface area contributed by atoms with Gasteiger partial charge >= 0.3 is 6.09 Å². The first-order chi connectivity index (χ1) is 16.6. The van der Waals surface area contributed by atoms with Crippen LogP contribution in [0.1, 0.15) is 51.0 Å². The number of halogens is 1. The number of carbonyl (C=O) groups excluding carboxylic acids is 2. The Bertz CT molecular complexity index is 994. The van der Waals surface area contributed by atoms with Crippen LogP contribution >= 0.6 is 11.6 Å². The fourth-order valence-electron chi connectivity index (χ4n) is 4.48. The fraction of sp³-hybridized carbons (Fsp3) is 0.538. The maximum atomic E-state index is 13.0. The van der Waals surface area contributed by atoms with E-state index in [1.807, 2.05) is 37.3 Å². The number of nitrogens with one attached hydrogen (secondary N) is 1. The third-order valence-corrected chi connectivity index (χ3v) is 6.87. The van der Waals surface area contributed by atoms with E-state index in [0.717, 1.165) is 11.1 Å². The molecule has 0 radical (unpaired) electrons. The number of fused-ring (bicyclic) bond motifs is 4. The topological polar surface area (TPSA) is 97.3 Å². The summed E-state index contributed by atoms with van der Waals surface area (Å²) in [6, 6.07) is 3.78. The molecule has 2 amide bonds. The Kier molecular flexibility index (Phi) is 9.21. The fourth-order valence-corrected chi connectivity index (χ4v) is 4.80. The van der Waals surface area contributed by atoms with Crippen LogP contribution < -0.4 is 15.0 Å². The highest BCUT2D eigenvalue weighted by Crippen LogP contribution is 2.37. The number of anilines is 1. The summed E-state index contributed by atoms with van der Waals surface area (Å²) in [6.45, 7) is 1.99. The van der Waals surface area contributed by atoms with Gasteiger partial charge in [-0.2, -0.15) is 0 Å². The molecule has 9 heteroatoms. The van der Waals surface area contributed by atoms with E-state index in [4.69, 9.17) is 25.8 Å². The average Bonchev–Trinajstić information content (AvgIpc) is 2.81. The molecule has 2 heterocycles. The van der Waals surface area contributed by atoms with E-state index in [2.05, 4.69) is 5.32 Å². The third-order valence-electron chi connectivity index (χ3n) is 6.49. The van der Waals surface area contributed by atoms with Crippen LogP contribution in [0.4, 0.5) is 10.5 Å². The van der Waals surface area contributed by atoms with Crippen LogP contribution in [0, 0.1) is 0 Å². The van der Waals surface area contributed by atoms with Crippen LogP contribution in [-0.2, 0) is 20.7 Å². The van der Waals surface area contributed by atoms with Gasteiger partial charge in [-0.15, -0.1) is 0 Å². The summed E-state index contributed by atoms with van der Waals surface area (Å²) in [5.74, 6) is 0.414. The Morgan fingerprint density at radius 2 is 2.00 bits per heavy atom. The zero-order valence-electron chi connectivity index (χ0n) is 20.8. The van der Waals surface area contributed by atoms with Gasteiger partial charge in [0, 0.05) is 33.4 Å². The van der Waals surface area contributed by atoms with Crippen molar-refractivity contribution < 1.29 is 28.9 Å². The van der Waals surface area contributed by atoms with Crippen molar-refractivity contribution in [2.75, 3.05) is 26.2 Å². The molecular weight excluding hydrogens is 472 g/mol. The van der Waals surface area contributed by atoms with Crippen molar-refractivity contribution in [2.24, 2.45) is 0 Å². The van der Waals surface area contributed by atoms with E-state index in [0.29, 0.717) is 42.1 Å². The number of carbonyl (C=O) groups is 2. The predicted octanol–water partition coefficient (Wildman–Crippen LogP) is 4.52. The van der Waals surface area contributed by atoms with Gasteiger partial charge in [-0.3, -0.25) is 10.1 Å². The lowest BCUT2D eigenvalue weighted by molar-refractivity contribution is -0.119. The summed E-state index contributed by atoms with van der Waals surface area (Å²) in [5.41, 5.74) is 1.23. The lowest BCUT2D eigenvalue weighted by Crippen LogP contribution is -2.56. The van der Waals surface area contributed by atoms with Gasteiger partial charge in [-0.1, -0.05) is 35.4 Å². The summed E-state index contributed by atoms with van der Waals surface area (Å²) in [6.07, 6.45) is 7.40. The molecule has 3 atom stereocenters. The van der Waals surface area contributed by atoms with E-state index < -0.39 is 17.9 Å². The molecule has 1 aromatic carbocycles. The van der Waals surface area contributed by atoms with Crippen molar-refractivity contribution in [2.45, 2.75) is 69.8 Å². The molecule has 1 fully saturated rings. The van der Waals surface area contributed by atoms with E-state index in [1.165, 1.54) is 0 Å². The lowest BCUT2D eigenvalue weighted by Gasteiger charge is -2.37. The molecule has 0 aliphatic carbocycles. The van der Waals surface area contributed by atoms with Crippen molar-refractivity contribution in [3.8, 4) is 5.75 Å². The molecule has 3 rings (SSSR count). The molecule has 2 unspecified atom stereocenters. The van der Waals surface area contributed by atoms with Gasteiger partial charge in [-0.25, -0.2) is 4.79 Å². The number of aliphatic hydroxyl groups is 1. The number of rotatable bonds is 2. The molecule has 1 saturated heterocycles. The highest BCUT2D eigenvalue weighted by atomic mass is 35.5. The number of alkyl carbamates (subject to hydrolysis) is 1. The Morgan fingerprint density at radius 1 is 1.23 bits per heavy atom. The first kappa shape index (κ1) is 27.0. The van der Waals surface area contributed by atoms with Crippen LogP contribution in [0.5, 0.6) is 5.75 Å². The van der Waals surface area contributed by atoms with Gasteiger partial charge in [-0.05, 0) is 50.3 Å². The van der Waals surface area contributed by atoms with Crippen molar-refractivity contribution in [1.82, 2.24) is 5.32 Å². The van der Waals surface area contributed by atoms with E-state index in [9.17, 15) is 14.7 Å². The summed E-state index contributed by atoms with van der Waals surface area (Å²) in [5, 5.41) is 13.9. The van der Waals surface area contributed by atoms with E-state index in [-0.39, 0.29) is 31.3 Å². The number of ether oxygens (including phenoxy) is 3. The molecule has 35 heavy (non-hydrogen) atoms. The molecule has 0 saturated carbocycles. The molecule has 2 aliphatic heterocycles. The highest BCUT2D eigenvalue weighted by Gasteiger charge is 2.38. The first-order valence-electron chi connectivity index (χ1n) is 11.8. The molecule has 0 aromatic heterocycles. The summed E-state index contributed by atoms with van der Waals surface area (Å²) in [7, 11) is 4.86. The second-order valence-corrected chi connectivity index (χ2v) is 9.65. The normalized spacial score (nSPS) is 29.0. The number of amides is 2. The van der Waals surface area contributed by atoms with E-state index >= 15 is 0 Å². The predicted molar refractivity (Wildman–Crippen MR) is 135 cm³/mol. The van der Waals surface area contributed by atoms with Gasteiger partial charge in [0.25, 0.3) is 0 Å². The Morgan fingerprint density at radius 3 is 2.71 bits per heavy atom. The number of methoxy groups -OCH3 is 2. The van der Waals surface area contributed by atoms with Crippen molar-refractivity contribution >= 4 is 29.3 Å². The van der Waals surface area contributed by atoms with Crippen molar-refractivity contribution in [3.05, 3.63) is 46.5 Å². The number of hydrogen-bond donors (Lipinski definition) is 2. The lowest BCUT2D eigenvalue weighted by atomic mass is 9.95. The van der Waals surface area contributed by atoms with Crippen molar-refractivity contribution in [3.63, 3.8) is 0 Å². The Labute approximate surface area is 211 Å². The number of hydrogen-bond acceptors (Lipinski definition) is 6. The SMILES string of the molecule is COc1cc2cc(c1Cl)N(C)C(=O)CCC(OC)CCC1C[C@](O)(C/C=C/C=C(\C)C2)NC(=O)O1. The molecule has 1 aromatic rings. The monoisotopic (exact) mass is 506 g/mol. The number of allylic oxidation sites excluding steroid dienone is 3. The van der Waals surface area contributed by atoms with Crippen LogP contribution in [0.3, 0.4) is 0 Å².